The molecule has 0 aromatic heterocycles. The van der Waals surface area contributed by atoms with Crippen molar-refractivity contribution in [3.8, 4) is 5.75 Å². The third kappa shape index (κ3) is 3.12. The van der Waals surface area contributed by atoms with Crippen LogP contribution in [-0.2, 0) is 0 Å². The standard InChI is InChI=1S/C25H18N2O3/c28-25(18-8-2-1-3-9-18)30-20-16-14-19(15-17-20)26-21-10-4-6-12-23(21)27(29)24-13-7-5-11-22(24)26/h1-17,27H. The van der Waals surface area contributed by atoms with E-state index in [2.05, 4.69) is 4.90 Å². The Hall–Kier alpha value is -3.93. The summed E-state index contributed by atoms with van der Waals surface area (Å²) in [6.45, 7) is 0. The number of carbonyl (C=O) groups excluding carboxylic acids is 1. The molecule has 5 rings (SSSR count). The van der Waals surface area contributed by atoms with Gasteiger partial charge < -0.3 is 15.0 Å². The van der Waals surface area contributed by atoms with E-state index in [4.69, 9.17) is 4.74 Å². The average Bonchev–Trinajstić information content (AvgIpc) is 2.81. The van der Waals surface area contributed by atoms with E-state index >= 15 is 0 Å². The van der Waals surface area contributed by atoms with Gasteiger partial charge in [-0.25, -0.2) is 4.79 Å². The van der Waals surface area contributed by atoms with Gasteiger partial charge in [0.2, 0.25) is 0 Å². The second-order valence-electron chi connectivity index (χ2n) is 6.95. The maximum Gasteiger partial charge on any atom is 0.343 e. The van der Waals surface area contributed by atoms with Gasteiger partial charge in [-0.15, -0.1) is 0 Å². The summed E-state index contributed by atoms with van der Waals surface area (Å²) in [6.07, 6.45) is 0. The smallest absolute Gasteiger partial charge is 0.343 e. The monoisotopic (exact) mass is 394 g/mol. The third-order valence-electron chi connectivity index (χ3n) is 5.09. The van der Waals surface area contributed by atoms with Crippen LogP contribution in [0, 0.1) is 5.21 Å². The predicted molar refractivity (Wildman–Crippen MR) is 116 cm³/mol. The lowest BCUT2D eigenvalue weighted by Gasteiger charge is -2.37. The molecule has 0 fully saturated rings. The van der Waals surface area contributed by atoms with Crippen molar-refractivity contribution < 1.29 is 14.6 Å². The van der Waals surface area contributed by atoms with E-state index in [0.717, 1.165) is 17.1 Å². The highest BCUT2D eigenvalue weighted by Crippen LogP contribution is 2.44. The Bertz CT molecular complexity index is 1160. The zero-order chi connectivity index (χ0) is 20.5. The van der Waals surface area contributed by atoms with Crippen LogP contribution in [0.4, 0.5) is 28.4 Å². The maximum atomic E-state index is 12.9. The average molecular weight is 394 g/mol. The molecule has 0 bridgehead atoms. The highest BCUT2D eigenvalue weighted by Gasteiger charge is 2.29. The van der Waals surface area contributed by atoms with Crippen molar-refractivity contribution in [1.82, 2.24) is 0 Å². The Morgan fingerprint density at radius 1 is 0.700 bits per heavy atom. The number of esters is 1. The molecule has 0 unspecified atom stereocenters. The van der Waals surface area contributed by atoms with Gasteiger partial charge in [0.15, 0.2) is 11.4 Å². The highest BCUT2D eigenvalue weighted by molar-refractivity contribution is 5.91. The van der Waals surface area contributed by atoms with Gasteiger partial charge in [0.25, 0.3) is 0 Å². The summed E-state index contributed by atoms with van der Waals surface area (Å²) in [6, 6.07) is 31.3. The van der Waals surface area contributed by atoms with Gasteiger partial charge in [-0.05, 0) is 48.5 Å². The number of benzene rings is 4. The molecule has 1 aliphatic rings. The Balaban J connectivity index is 1.49. The lowest BCUT2D eigenvalue weighted by Crippen LogP contribution is -2.97. The summed E-state index contributed by atoms with van der Waals surface area (Å²) < 4.78 is 5.49. The van der Waals surface area contributed by atoms with Crippen molar-refractivity contribution in [3.05, 3.63) is 114 Å². The summed E-state index contributed by atoms with van der Waals surface area (Å²) >= 11 is 0. The van der Waals surface area contributed by atoms with E-state index in [9.17, 15) is 10.0 Å². The number of para-hydroxylation sites is 4. The first-order valence-corrected chi connectivity index (χ1v) is 9.62. The van der Waals surface area contributed by atoms with E-state index in [-0.39, 0.29) is 5.06 Å². The summed E-state index contributed by atoms with van der Waals surface area (Å²) in [5.41, 5.74) is 4.36. The zero-order valence-corrected chi connectivity index (χ0v) is 16.0. The molecule has 0 amide bonds. The molecule has 5 heteroatoms. The Labute approximate surface area is 174 Å². The third-order valence-corrected chi connectivity index (χ3v) is 5.09. The van der Waals surface area contributed by atoms with Gasteiger partial charge in [-0.1, -0.05) is 42.5 Å². The van der Waals surface area contributed by atoms with Crippen LogP contribution in [-0.4, -0.2) is 5.97 Å². The summed E-state index contributed by atoms with van der Waals surface area (Å²) in [7, 11) is 0. The fourth-order valence-electron chi connectivity index (χ4n) is 3.68. The van der Waals surface area contributed by atoms with Crippen LogP contribution in [0.1, 0.15) is 10.4 Å². The summed E-state index contributed by atoms with van der Waals surface area (Å²) in [4.78, 5) is 14.3. The van der Waals surface area contributed by atoms with Gasteiger partial charge in [0, 0.05) is 17.8 Å². The van der Waals surface area contributed by atoms with Crippen molar-refractivity contribution in [3.63, 3.8) is 0 Å². The molecule has 0 saturated heterocycles. The van der Waals surface area contributed by atoms with E-state index in [0.29, 0.717) is 22.7 Å². The maximum absolute atomic E-state index is 12.9. The number of nitrogens with zero attached hydrogens (tertiary/aromatic N) is 1. The second-order valence-corrected chi connectivity index (χ2v) is 6.95. The Kier molecular flexibility index (Phi) is 4.52. The SMILES string of the molecule is O=C(Oc1ccc(N2c3ccccc3[NH+]([O-])c3ccccc32)cc1)c1ccccc1. The van der Waals surface area contributed by atoms with E-state index in [1.807, 2.05) is 66.7 Å². The minimum absolute atomic E-state index is 0.0193. The van der Waals surface area contributed by atoms with Crippen LogP contribution in [0.15, 0.2) is 103 Å². The molecule has 5 nitrogen and oxygen atoms in total. The number of carbonyl (C=O) groups is 1. The summed E-state index contributed by atoms with van der Waals surface area (Å²) in [5.74, 6) is 0.0601. The fraction of sp³-hybridized carbons (Fsp3) is 0. The van der Waals surface area contributed by atoms with E-state index in [1.54, 1.807) is 36.4 Å². The quantitative estimate of drug-likeness (QED) is 0.301. The number of fused-ring (bicyclic) bond motifs is 2. The molecular weight excluding hydrogens is 376 g/mol. The minimum Gasteiger partial charge on any atom is -0.623 e. The highest BCUT2D eigenvalue weighted by atomic mass is 16.5. The fourth-order valence-corrected chi connectivity index (χ4v) is 3.68. The van der Waals surface area contributed by atoms with Gasteiger partial charge in [0.1, 0.15) is 17.1 Å². The molecule has 1 heterocycles. The summed E-state index contributed by atoms with van der Waals surface area (Å²) in [5, 5.41) is 12.9. The van der Waals surface area contributed by atoms with Crippen molar-refractivity contribution in [2.75, 3.05) is 4.90 Å². The molecule has 4 aromatic carbocycles. The van der Waals surface area contributed by atoms with E-state index in [1.165, 1.54) is 0 Å². The predicted octanol–water partition coefficient (Wildman–Crippen LogP) is 5.03. The first-order chi connectivity index (χ1) is 14.7. The number of hydrogen-bond acceptors (Lipinski definition) is 4. The number of quaternary nitrogens is 1. The number of rotatable bonds is 3. The van der Waals surface area contributed by atoms with E-state index < -0.39 is 5.97 Å². The van der Waals surface area contributed by atoms with Crippen molar-refractivity contribution in [2.24, 2.45) is 0 Å². The molecule has 0 spiro atoms. The second kappa shape index (κ2) is 7.48. The first-order valence-electron chi connectivity index (χ1n) is 9.62. The molecule has 0 aliphatic carbocycles. The van der Waals surface area contributed by atoms with Crippen LogP contribution >= 0.6 is 0 Å². The van der Waals surface area contributed by atoms with Crippen LogP contribution < -0.4 is 14.7 Å². The molecule has 4 aromatic rings. The molecule has 0 radical (unpaired) electrons. The van der Waals surface area contributed by atoms with Crippen LogP contribution in [0.2, 0.25) is 0 Å². The zero-order valence-electron chi connectivity index (χ0n) is 16.0. The Morgan fingerprint density at radius 3 is 1.83 bits per heavy atom. The number of ether oxygens (including phenoxy) is 1. The number of anilines is 3. The van der Waals surface area contributed by atoms with Gasteiger partial charge in [-0.3, -0.25) is 4.90 Å². The molecule has 146 valence electrons. The molecule has 30 heavy (non-hydrogen) atoms. The van der Waals surface area contributed by atoms with Crippen molar-refractivity contribution >= 4 is 34.4 Å². The molecule has 1 aliphatic heterocycles. The molecular formula is C25H18N2O3. The number of nitrogens with one attached hydrogen (secondary N) is 1. The van der Waals surface area contributed by atoms with Gasteiger partial charge >= 0.3 is 5.97 Å². The molecule has 0 atom stereocenters. The van der Waals surface area contributed by atoms with Crippen LogP contribution in [0.25, 0.3) is 0 Å². The van der Waals surface area contributed by atoms with Crippen LogP contribution in [0.3, 0.4) is 0 Å². The van der Waals surface area contributed by atoms with Crippen molar-refractivity contribution in [1.29, 1.82) is 0 Å². The van der Waals surface area contributed by atoms with Crippen LogP contribution in [0.5, 0.6) is 5.75 Å². The molecule has 0 saturated carbocycles. The first kappa shape index (κ1) is 18.1. The number of hydrogen-bond donors (Lipinski definition) is 1. The lowest BCUT2D eigenvalue weighted by atomic mass is 10.1. The van der Waals surface area contributed by atoms with Crippen molar-refractivity contribution in [2.45, 2.75) is 0 Å². The molecule has 1 N–H and O–H groups in total. The lowest BCUT2D eigenvalue weighted by molar-refractivity contribution is -0.698. The van der Waals surface area contributed by atoms with Gasteiger partial charge in [-0.2, -0.15) is 0 Å². The van der Waals surface area contributed by atoms with Gasteiger partial charge in [0.05, 0.1) is 5.56 Å². The normalized spacial score (nSPS) is 12.8. The largest absolute Gasteiger partial charge is 0.623 e. The minimum atomic E-state index is -0.400. The Morgan fingerprint density at radius 2 is 1.23 bits per heavy atom. The topological polar surface area (TPSA) is 57.0 Å².